The Balaban J connectivity index is 1.43. The molecule has 138 valence electrons. The predicted molar refractivity (Wildman–Crippen MR) is 89.2 cm³/mol. The molecule has 6 nitrogen and oxygen atoms in total. The van der Waals surface area contributed by atoms with Crippen molar-refractivity contribution in [2.75, 3.05) is 6.61 Å². The van der Waals surface area contributed by atoms with Crippen molar-refractivity contribution in [3.05, 3.63) is 40.5 Å². The van der Waals surface area contributed by atoms with Crippen LogP contribution in [0.2, 0.25) is 5.02 Å². The number of hydrogen-bond acceptors (Lipinski definition) is 4. The highest BCUT2D eigenvalue weighted by Gasteiger charge is 2.30. The molecule has 9 heteroatoms. The zero-order valence-corrected chi connectivity index (χ0v) is 14.4. The Morgan fingerprint density at radius 1 is 1.38 bits per heavy atom. The zero-order valence-electron chi connectivity index (χ0n) is 13.6. The van der Waals surface area contributed by atoms with Crippen LogP contribution < -0.4 is 14.8 Å². The molecule has 0 fully saturated rings. The molecule has 0 bridgehead atoms. The van der Waals surface area contributed by atoms with E-state index in [9.17, 15) is 13.6 Å². The molecule has 2 aliphatic heterocycles. The first-order chi connectivity index (χ1) is 12.5. The molecule has 1 amide bonds. The van der Waals surface area contributed by atoms with E-state index >= 15 is 0 Å². The molecule has 1 N–H and O–H groups in total. The third kappa shape index (κ3) is 3.33. The third-order valence-corrected chi connectivity index (χ3v) is 4.65. The molecule has 0 radical (unpaired) electrons. The van der Waals surface area contributed by atoms with Crippen molar-refractivity contribution in [1.29, 1.82) is 0 Å². The fourth-order valence-electron chi connectivity index (χ4n) is 3.12. The molecular formula is C17H16ClF2N3O3. The minimum Gasteiger partial charge on any atom is -0.491 e. The summed E-state index contributed by atoms with van der Waals surface area (Å²) in [4.78, 5) is 12.5. The second-order valence-electron chi connectivity index (χ2n) is 6.31. The topological polar surface area (TPSA) is 65.4 Å². The van der Waals surface area contributed by atoms with E-state index in [4.69, 9.17) is 21.1 Å². The number of carbonyl (C=O) groups excluding carboxylic acids is 1. The van der Waals surface area contributed by atoms with Crippen LogP contribution in [0, 0.1) is 0 Å². The van der Waals surface area contributed by atoms with Gasteiger partial charge in [-0.15, -0.1) is 0 Å². The normalized spacial score (nSPS) is 21.4. The number of aromatic nitrogens is 2. The summed E-state index contributed by atoms with van der Waals surface area (Å²) in [7, 11) is 0. The number of aryl methyl sites for hydroxylation is 1. The van der Waals surface area contributed by atoms with Gasteiger partial charge >= 0.3 is 0 Å². The summed E-state index contributed by atoms with van der Waals surface area (Å²) in [5.41, 5.74) is 1.05. The van der Waals surface area contributed by atoms with Crippen molar-refractivity contribution in [3.63, 3.8) is 0 Å². The summed E-state index contributed by atoms with van der Waals surface area (Å²) in [5.74, 6) is 0.538. The lowest BCUT2D eigenvalue weighted by molar-refractivity contribution is -0.0135. The first-order valence-corrected chi connectivity index (χ1v) is 8.62. The van der Waals surface area contributed by atoms with Crippen molar-refractivity contribution in [2.45, 2.75) is 38.0 Å². The molecule has 2 aromatic rings. The van der Waals surface area contributed by atoms with Gasteiger partial charge in [0, 0.05) is 24.1 Å². The maximum Gasteiger partial charge on any atom is 0.274 e. The van der Waals surface area contributed by atoms with E-state index in [1.54, 1.807) is 12.1 Å². The minimum atomic E-state index is -2.57. The summed E-state index contributed by atoms with van der Waals surface area (Å²) in [6.07, 6.45) is -2.99. The van der Waals surface area contributed by atoms with Gasteiger partial charge in [0.2, 0.25) is 5.88 Å². The predicted octanol–water partition coefficient (Wildman–Crippen LogP) is 2.69. The number of amides is 1. The summed E-state index contributed by atoms with van der Waals surface area (Å²) < 4.78 is 37.8. The molecular weight excluding hydrogens is 368 g/mol. The molecule has 1 aromatic heterocycles. The Kier molecular flexibility index (Phi) is 4.44. The van der Waals surface area contributed by atoms with Crippen molar-refractivity contribution in [1.82, 2.24) is 15.1 Å². The SMILES string of the molecule is O=C(N[C@H]1COc2ccc(Cl)cc2C1)c1cc2n(n1)CC[C@H](C(F)F)O2. The Morgan fingerprint density at radius 2 is 2.23 bits per heavy atom. The van der Waals surface area contributed by atoms with Crippen LogP contribution in [0.5, 0.6) is 11.6 Å². The molecule has 0 saturated carbocycles. The lowest BCUT2D eigenvalue weighted by atomic mass is 10.0. The summed E-state index contributed by atoms with van der Waals surface area (Å²) >= 11 is 6.00. The smallest absolute Gasteiger partial charge is 0.274 e. The lowest BCUT2D eigenvalue weighted by Crippen LogP contribution is -2.42. The molecule has 26 heavy (non-hydrogen) atoms. The molecule has 2 atom stereocenters. The van der Waals surface area contributed by atoms with Gasteiger partial charge in [-0.1, -0.05) is 11.6 Å². The molecule has 0 saturated heterocycles. The molecule has 0 aliphatic carbocycles. The van der Waals surface area contributed by atoms with Crippen LogP contribution in [0.3, 0.4) is 0 Å². The molecule has 1 aromatic carbocycles. The number of nitrogens with one attached hydrogen (secondary N) is 1. The summed E-state index contributed by atoms with van der Waals surface area (Å²) in [6, 6.07) is 6.51. The van der Waals surface area contributed by atoms with E-state index < -0.39 is 18.4 Å². The maximum atomic E-state index is 12.8. The fraction of sp³-hybridized carbons (Fsp3) is 0.412. The number of carbonyl (C=O) groups is 1. The Bertz CT molecular complexity index is 843. The van der Waals surface area contributed by atoms with Gasteiger partial charge in [0.15, 0.2) is 11.8 Å². The number of nitrogens with zero attached hydrogens (tertiary/aromatic N) is 2. The third-order valence-electron chi connectivity index (χ3n) is 4.42. The average molecular weight is 384 g/mol. The number of ether oxygens (including phenoxy) is 2. The van der Waals surface area contributed by atoms with Crippen LogP contribution in [0.25, 0.3) is 0 Å². The monoisotopic (exact) mass is 383 g/mol. The van der Waals surface area contributed by atoms with Crippen LogP contribution in [0.1, 0.15) is 22.5 Å². The number of rotatable bonds is 3. The van der Waals surface area contributed by atoms with E-state index in [0.717, 1.165) is 11.3 Å². The fourth-order valence-corrected chi connectivity index (χ4v) is 3.32. The summed E-state index contributed by atoms with van der Waals surface area (Å²) in [6.45, 7) is 0.619. The van der Waals surface area contributed by atoms with Crippen molar-refractivity contribution < 1.29 is 23.0 Å². The van der Waals surface area contributed by atoms with E-state index in [-0.39, 0.29) is 30.6 Å². The van der Waals surface area contributed by atoms with Gasteiger partial charge in [0.1, 0.15) is 12.4 Å². The highest BCUT2D eigenvalue weighted by molar-refractivity contribution is 6.30. The van der Waals surface area contributed by atoms with Crippen molar-refractivity contribution >= 4 is 17.5 Å². The Morgan fingerprint density at radius 3 is 3.04 bits per heavy atom. The molecule has 2 aliphatic rings. The van der Waals surface area contributed by atoms with Crippen molar-refractivity contribution in [3.8, 4) is 11.6 Å². The first-order valence-electron chi connectivity index (χ1n) is 8.24. The Hall–Kier alpha value is -2.35. The van der Waals surface area contributed by atoms with Crippen LogP contribution in [-0.4, -0.2) is 40.9 Å². The minimum absolute atomic E-state index is 0.131. The lowest BCUT2D eigenvalue weighted by Gasteiger charge is -2.25. The van der Waals surface area contributed by atoms with E-state index in [1.165, 1.54) is 10.7 Å². The quantitative estimate of drug-likeness (QED) is 0.885. The van der Waals surface area contributed by atoms with Crippen LogP contribution >= 0.6 is 11.6 Å². The Labute approximate surface area is 153 Å². The number of fused-ring (bicyclic) bond motifs is 2. The van der Waals surface area contributed by atoms with Gasteiger partial charge in [-0.05, 0) is 30.2 Å². The molecule has 0 spiro atoms. The largest absolute Gasteiger partial charge is 0.491 e. The zero-order chi connectivity index (χ0) is 18.3. The number of benzene rings is 1. The number of halogens is 3. The van der Waals surface area contributed by atoms with Crippen LogP contribution in [0.15, 0.2) is 24.3 Å². The van der Waals surface area contributed by atoms with E-state index in [2.05, 4.69) is 10.4 Å². The van der Waals surface area contributed by atoms with E-state index in [1.807, 2.05) is 6.07 Å². The van der Waals surface area contributed by atoms with Gasteiger partial charge in [-0.3, -0.25) is 4.79 Å². The first kappa shape index (κ1) is 17.1. The van der Waals surface area contributed by atoms with Gasteiger partial charge in [-0.25, -0.2) is 13.5 Å². The standard InChI is InChI=1S/C17H16ClF2N3O3/c18-10-1-2-13-9(5-10)6-11(8-25-13)21-17(24)12-7-15-23(22-12)4-3-14(26-15)16(19)20/h1-2,5,7,11,14,16H,3-4,6,8H2,(H,21,24)/t11-,14-/m1/s1. The maximum absolute atomic E-state index is 12.8. The highest BCUT2D eigenvalue weighted by Crippen LogP contribution is 2.28. The molecule has 4 rings (SSSR count). The average Bonchev–Trinajstić information content (AvgIpc) is 3.04. The van der Waals surface area contributed by atoms with Gasteiger partial charge in [0.05, 0.1) is 6.04 Å². The number of hydrogen-bond donors (Lipinski definition) is 1. The van der Waals surface area contributed by atoms with Gasteiger partial charge in [0.25, 0.3) is 12.3 Å². The second-order valence-corrected chi connectivity index (χ2v) is 6.74. The number of alkyl halides is 2. The molecule has 0 unspecified atom stereocenters. The van der Waals surface area contributed by atoms with Gasteiger partial charge in [-0.2, -0.15) is 5.10 Å². The summed E-state index contributed by atoms with van der Waals surface area (Å²) in [5, 5.41) is 7.60. The second kappa shape index (κ2) is 6.75. The van der Waals surface area contributed by atoms with Crippen molar-refractivity contribution in [2.24, 2.45) is 0 Å². The van der Waals surface area contributed by atoms with Crippen LogP contribution in [0.4, 0.5) is 8.78 Å². The molecule has 3 heterocycles. The van der Waals surface area contributed by atoms with E-state index in [0.29, 0.717) is 18.1 Å². The highest BCUT2D eigenvalue weighted by atomic mass is 35.5. The van der Waals surface area contributed by atoms with Gasteiger partial charge < -0.3 is 14.8 Å². The van der Waals surface area contributed by atoms with Crippen LogP contribution in [-0.2, 0) is 13.0 Å².